The lowest BCUT2D eigenvalue weighted by Gasteiger charge is -2.32. The lowest BCUT2D eigenvalue weighted by atomic mass is 9.77. The van der Waals surface area contributed by atoms with Crippen molar-refractivity contribution in [2.75, 3.05) is 13.1 Å². The molecule has 2 aliphatic rings. The lowest BCUT2D eigenvalue weighted by Crippen LogP contribution is -2.41. The average Bonchev–Trinajstić information content (AvgIpc) is 2.72. The van der Waals surface area contributed by atoms with Gasteiger partial charge in [0.15, 0.2) is 0 Å². The Kier molecular flexibility index (Phi) is 4.76. The molecule has 138 valence electrons. The Morgan fingerprint density at radius 3 is 2.16 bits per heavy atom. The number of alkyl halides is 2. The van der Waals surface area contributed by atoms with Gasteiger partial charge < -0.3 is 9.31 Å². The molecule has 0 aliphatic carbocycles. The molecule has 0 unspecified atom stereocenters. The van der Waals surface area contributed by atoms with Crippen LogP contribution in [0.5, 0.6) is 0 Å². The predicted molar refractivity (Wildman–Crippen MR) is 96.4 cm³/mol. The molecule has 0 radical (unpaired) electrons. The summed E-state index contributed by atoms with van der Waals surface area (Å²) in [6, 6.07) is 6.20. The molecular weight excluding hydrogens is 323 g/mol. The SMILES string of the molecule is Cc1ccc(B2OC(C)(C)C(C)(C)O2)cc1CN1CCC(F)(F)CC1. The summed E-state index contributed by atoms with van der Waals surface area (Å²) in [5, 5.41) is 0. The van der Waals surface area contributed by atoms with Crippen LogP contribution < -0.4 is 5.46 Å². The topological polar surface area (TPSA) is 21.7 Å². The van der Waals surface area contributed by atoms with Gasteiger partial charge in [0.2, 0.25) is 0 Å². The maximum atomic E-state index is 13.4. The van der Waals surface area contributed by atoms with Crippen LogP contribution in [-0.4, -0.2) is 42.2 Å². The normalized spacial score (nSPS) is 25.3. The predicted octanol–water partition coefficient (Wildman–Crippen LogP) is 3.53. The molecule has 2 heterocycles. The molecule has 1 aromatic carbocycles. The molecule has 0 spiro atoms. The number of hydrogen-bond donors (Lipinski definition) is 0. The molecule has 25 heavy (non-hydrogen) atoms. The molecule has 6 heteroatoms. The lowest BCUT2D eigenvalue weighted by molar-refractivity contribution is -0.0566. The summed E-state index contributed by atoms with van der Waals surface area (Å²) in [4.78, 5) is 2.10. The molecular formula is C19H28BF2NO2. The standard InChI is InChI=1S/C19H28BF2NO2/c1-14-6-7-16(20-24-17(2,3)18(4,5)25-20)12-15(14)13-23-10-8-19(21,22)9-11-23/h6-7,12H,8-11,13H2,1-5H3. The van der Waals surface area contributed by atoms with Gasteiger partial charge in [-0.1, -0.05) is 18.2 Å². The second-order valence-corrected chi connectivity index (χ2v) is 8.41. The minimum absolute atomic E-state index is 0.0526. The van der Waals surface area contributed by atoms with Crippen molar-refractivity contribution in [2.45, 2.75) is 71.1 Å². The van der Waals surface area contributed by atoms with Crippen LogP contribution in [0.25, 0.3) is 0 Å². The van der Waals surface area contributed by atoms with Gasteiger partial charge in [-0.15, -0.1) is 0 Å². The van der Waals surface area contributed by atoms with Crippen molar-refractivity contribution in [2.24, 2.45) is 0 Å². The number of benzene rings is 1. The molecule has 2 aliphatic heterocycles. The van der Waals surface area contributed by atoms with Crippen molar-refractivity contribution in [3.05, 3.63) is 29.3 Å². The summed E-state index contributed by atoms with van der Waals surface area (Å²) in [5.41, 5.74) is 2.55. The molecule has 0 amide bonds. The van der Waals surface area contributed by atoms with Crippen LogP contribution in [0.15, 0.2) is 18.2 Å². The summed E-state index contributed by atoms with van der Waals surface area (Å²) < 4.78 is 39.0. The highest BCUT2D eigenvalue weighted by Gasteiger charge is 2.51. The molecule has 3 nitrogen and oxygen atoms in total. The summed E-state index contributed by atoms with van der Waals surface area (Å²) in [6.07, 6.45) is -0.105. The first-order valence-corrected chi connectivity index (χ1v) is 9.04. The van der Waals surface area contributed by atoms with E-state index in [1.807, 2.05) is 33.8 Å². The molecule has 1 aromatic rings. The van der Waals surface area contributed by atoms with E-state index in [1.165, 1.54) is 0 Å². The highest BCUT2D eigenvalue weighted by molar-refractivity contribution is 6.62. The summed E-state index contributed by atoms with van der Waals surface area (Å²) >= 11 is 0. The van der Waals surface area contributed by atoms with Crippen molar-refractivity contribution in [3.8, 4) is 0 Å². The highest BCUT2D eigenvalue weighted by atomic mass is 19.3. The first-order valence-electron chi connectivity index (χ1n) is 9.04. The van der Waals surface area contributed by atoms with Crippen LogP contribution in [0.1, 0.15) is 51.7 Å². The number of halogens is 2. The van der Waals surface area contributed by atoms with E-state index in [2.05, 4.69) is 24.0 Å². The Hall–Kier alpha value is -0.975. The van der Waals surface area contributed by atoms with Gasteiger partial charge in [-0.25, -0.2) is 8.78 Å². The van der Waals surface area contributed by atoms with Crippen molar-refractivity contribution in [1.82, 2.24) is 4.90 Å². The zero-order valence-corrected chi connectivity index (χ0v) is 15.9. The summed E-state index contributed by atoms with van der Waals surface area (Å²) in [6.45, 7) is 11.8. The van der Waals surface area contributed by atoms with E-state index >= 15 is 0 Å². The van der Waals surface area contributed by atoms with Crippen LogP contribution in [0, 0.1) is 6.92 Å². The van der Waals surface area contributed by atoms with E-state index in [4.69, 9.17) is 9.31 Å². The Balaban J connectivity index is 1.74. The molecule has 0 aromatic heterocycles. The van der Waals surface area contributed by atoms with Gasteiger partial charge in [0.25, 0.3) is 5.92 Å². The second-order valence-electron chi connectivity index (χ2n) is 8.41. The molecule has 2 fully saturated rings. The van der Waals surface area contributed by atoms with Crippen LogP contribution >= 0.6 is 0 Å². The first-order chi connectivity index (χ1) is 11.5. The number of hydrogen-bond acceptors (Lipinski definition) is 3. The third-order valence-corrected chi connectivity index (χ3v) is 5.88. The fourth-order valence-corrected chi connectivity index (χ4v) is 3.27. The monoisotopic (exact) mass is 351 g/mol. The first kappa shape index (κ1) is 18.8. The number of rotatable bonds is 3. The Labute approximate surface area is 149 Å². The Morgan fingerprint density at radius 2 is 1.60 bits per heavy atom. The van der Waals surface area contributed by atoms with Crippen LogP contribution in [0.4, 0.5) is 8.78 Å². The van der Waals surface area contributed by atoms with E-state index < -0.39 is 13.0 Å². The minimum Gasteiger partial charge on any atom is -0.399 e. The van der Waals surface area contributed by atoms with Gasteiger partial charge in [-0.3, -0.25) is 4.90 Å². The Morgan fingerprint density at radius 1 is 1.04 bits per heavy atom. The largest absolute Gasteiger partial charge is 0.494 e. The molecule has 0 bridgehead atoms. The fourth-order valence-electron chi connectivity index (χ4n) is 3.27. The van der Waals surface area contributed by atoms with E-state index in [1.54, 1.807) is 0 Å². The quantitative estimate of drug-likeness (QED) is 0.778. The third kappa shape index (κ3) is 3.91. The summed E-state index contributed by atoms with van der Waals surface area (Å²) in [7, 11) is -0.393. The average molecular weight is 351 g/mol. The van der Waals surface area contributed by atoms with Crippen molar-refractivity contribution in [3.63, 3.8) is 0 Å². The van der Waals surface area contributed by atoms with Gasteiger partial charge in [0, 0.05) is 32.5 Å². The van der Waals surface area contributed by atoms with E-state index in [0.29, 0.717) is 19.6 Å². The molecule has 0 saturated carbocycles. The molecule has 0 atom stereocenters. The summed E-state index contributed by atoms with van der Waals surface area (Å²) in [5.74, 6) is -2.50. The van der Waals surface area contributed by atoms with Crippen LogP contribution in [0.3, 0.4) is 0 Å². The number of aryl methyl sites for hydroxylation is 1. The number of likely N-dealkylation sites (tertiary alicyclic amines) is 1. The van der Waals surface area contributed by atoms with Gasteiger partial charge in [-0.05, 0) is 51.2 Å². The second kappa shape index (κ2) is 6.32. The van der Waals surface area contributed by atoms with Crippen molar-refractivity contribution < 1.29 is 18.1 Å². The zero-order valence-electron chi connectivity index (χ0n) is 15.9. The van der Waals surface area contributed by atoms with Crippen LogP contribution in [-0.2, 0) is 15.9 Å². The number of nitrogens with zero attached hydrogens (tertiary/aromatic N) is 1. The van der Waals surface area contributed by atoms with Gasteiger partial charge in [-0.2, -0.15) is 0 Å². The third-order valence-electron chi connectivity index (χ3n) is 5.88. The van der Waals surface area contributed by atoms with Gasteiger partial charge >= 0.3 is 7.12 Å². The van der Waals surface area contributed by atoms with Crippen molar-refractivity contribution in [1.29, 1.82) is 0 Å². The Bertz CT molecular complexity index is 622. The maximum absolute atomic E-state index is 13.4. The molecule has 0 N–H and O–H groups in total. The molecule has 3 rings (SSSR count). The van der Waals surface area contributed by atoms with Crippen LogP contribution in [0.2, 0.25) is 0 Å². The maximum Gasteiger partial charge on any atom is 0.494 e. The van der Waals surface area contributed by atoms with Crippen molar-refractivity contribution >= 4 is 12.6 Å². The zero-order chi connectivity index (χ0) is 18.5. The van der Waals surface area contributed by atoms with E-state index in [9.17, 15) is 8.78 Å². The highest BCUT2D eigenvalue weighted by Crippen LogP contribution is 2.36. The van der Waals surface area contributed by atoms with Gasteiger partial charge in [0.1, 0.15) is 0 Å². The fraction of sp³-hybridized carbons (Fsp3) is 0.684. The van der Waals surface area contributed by atoms with E-state index in [-0.39, 0.29) is 24.0 Å². The number of piperidine rings is 1. The van der Waals surface area contributed by atoms with E-state index in [0.717, 1.165) is 16.6 Å². The smallest absolute Gasteiger partial charge is 0.399 e. The minimum atomic E-state index is -2.50. The van der Waals surface area contributed by atoms with Gasteiger partial charge in [0.05, 0.1) is 11.2 Å². The molecule has 2 saturated heterocycles.